The predicted octanol–water partition coefficient (Wildman–Crippen LogP) is 1.56. The molecule has 158 valence electrons. The summed E-state index contributed by atoms with van der Waals surface area (Å²) < 4.78 is 18.7. The smallest absolute Gasteiger partial charge is 0.303 e. The summed E-state index contributed by atoms with van der Waals surface area (Å²) >= 11 is 1.62. The van der Waals surface area contributed by atoms with Crippen LogP contribution in [0, 0.1) is 5.92 Å². The lowest BCUT2D eigenvalue weighted by Gasteiger charge is -2.29. The van der Waals surface area contributed by atoms with Gasteiger partial charge in [0, 0.05) is 13.8 Å². The van der Waals surface area contributed by atoms with Crippen molar-refractivity contribution >= 4 is 40.7 Å². The van der Waals surface area contributed by atoms with Crippen LogP contribution < -0.4 is 5.73 Å². The summed E-state index contributed by atoms with van der Waals surface area (Å²) in [5.41, 5.74) is 6.97. The summed E-state index contributed by atoms with van der Waals surface area (Å²) in [5.74, 6) is 0.571. The second-order valence-electron chi connectivity index (χ2n) is 7.22. The van der Waals surface area contributed by atoms with Gasteiger partial charge in [0.15, 0.2) is 23.7 Å². The van der Waals surface area contributed by atoms with E-state index in [-0.39, 0.29) is 17.8 Å². The second-order valence-corrected chi connectivity index (χ2v) is 8.37. The van der Waals surface area contributed by atoms with Crippen LogP contribution in [0.1, 0.15) is 33.1 Å². The molecule has 0 aromatic carbocycles. The summed E-state index contributed by atoms with van der Waals surface area (Å²) in [7, 11) is 0. The maximum absolute atomic E-state index is 11.7. The van der Waals surface area contributed by atoms with Gasteiger partial charge < -0.3 is 19.9 Å². The molecule has 3 rings (SSSR count). The number of anilines is 1. The zero-order chi connectivity index (χ0) is 21.1. The van der Waals surface area contributed by atoms with Crippen molar-refractivity contribution in [2.24, 2.45) is 5.92 Å². The zero-order valence-corrected chi connectivity index (χ0v) is 17.6. The molecule has 0 aliphatic carbocycles. The van der Waals surface area contributed by atoms with Crippen molar-refractivity contribution in [1.29, 1.82) is 0 Å². The maximum Gasteiger partial charge on any atom is 0.303 e. The molecule has 10 nitrogen and oxygen atoms in total. The van der Waals surface area contributed by atoms with Crippen molar-refractivity contribution in [3.63, 3.8) is 0 Å². The minimum Gasteiger partial charge on any atom is -0.456 e. The molecule has 2 N–H and O–H groups in total. The summed E-state index contributed by atoms with van der Waals surface area (Å²) in [4.78, 5) is 35.9. The topological polar surface area (TPSA) is 131 Å². The van der Waals surface area contributed by atoms with E-state index in [0.29, 0.717) is 17.1 Å². The van der Waals surface area contributed by atoms with Gasteiger partial charge in [-0.05, 0) is 11.7 Å². The monoisotopic (exact) mass is 423 g/mol. The van der Waals surface area contributed by atoms with Crippen LogP contribution in [0.3, 0.4) is 0 Å². The van der Waals surface area contributed by atoms with Crippen molar-refractivity contribution in [2.45, 2.75) is 51.4 Å². The number of rotatable bonds is 7. The number of carbonyl (C=O) groups excluding carboxylic acids is 2. The molecule has 1 aliphatic rings. The van der Waals surface area contributed by atoms with E-state index in [2.05, 4.69) is 28.8 Å². The fourth-order valence-corrected chi connectivity index (χ4v) is 4.50. The van der Waals surface area contributed by atoms with Gasteiger partial charge in [-0.1, -0.05) is 13.8 Å². The van der Waals surface area contributed by atoms with Crippen LogP contribution in [-0.2, 0) is 23.8 Å². The molecule has 3 heterocycles. The van der Waals surface area contributed by atoms with Gasteiger partial charge in [-0.2, -0.15) is 0 Å². The molecular formula is C18H25N5O5S. The van der Waals surface area contributed by atoms with Gasteiger partial charge in [-0.3, -0.25) is 14.2 Å². The van der Waals surface area contributed by atoms with E-state index in [1.807, 2.05) is 4.57 Å². The molecule has 1 saturated heterocycles. The number of imidazole rings is 1. The highest BCUT2D eigenvalue weighted by molar-refractivity contribution is 7.99. The fraction of sp³-hybridized carbons (Fsp3) is 0.611. The highest BCUT2D eigenvalue weighted by Crippen LogP contribution is 2.39. The Kier molecular flexibility index (Phi) is 6.58. The lowest BCUT2D eigenvalue weighted by molar-refractivity contribution is -0.163. The van der Waals surface area contributed by atoms with E-state index < -0.39 is 30.3 Å². The molecule has 0 bridgehead atoms. The van der Waals surface area contributed by atoms with E-state index in [0.717, 1.165) is 5.75 Å². The number of ether oxygens (including phenoxy) is 3. The van der Waals surface area contributed by atoms with Crippen molar-refractivity contribution in [3.8, 4) is 0 Å². The van der Waals surface area contributed by atoms with Crippen molar-refractivity contribution in [2.75, 3.05) is 18.1 Å². The van der Waals surface area contributed by atoms with Crippen LogP contribution in [0.15, 0.2) is 12.7 Å². The molecule has 2 aromatic heterocycles. The van der Waals surface area contributed by atoms with Crippen LogP contribution >= 0.6 is 11.8 Å². The number of nitrogen functional groups attached to an aromatic ring is 1. The molecule has 0 saturated carbocycles. The van der Waals surface area contributed by atoms with Crippen LogP contribution in [0.25, 0.3) is 11.2 Å². The van der Waals surface area contributed by atoms with Crippen molar-refractivity contribution in [1.82, 2.24) is 19.5 Å². The standard InChI is InChI=1S/C18H25N5O5S/c1-9(2)6-29-18(23-8-22-13-16(19)20-7-21-17(13)23)15-14(28-11(4)25)12(5-26-15)27-10(3)24/h7-9,12,14-15,18H,5-6H2,1-4H3,(H2,19,20,21). The van der Waals surface area contributed by atoms with Gasteiger partial charge >= 0.3 is 11.9 Å². The first-order valence-electron chi connectivity index (χ1n) is 9.28. The number of hydrogen-bond acceptors (Lipinski definition) is 10. The number of aromatic nitrogens is 4. The molecule has 4 unspecified atom stereocenters. The predicted molar refractivity (Wildman–Crippen MR) is 107 cm³/mol. The number of carbonyl (C=O) groups is 2. The number of nitrogens with two attached hydrogens (primary N) is 1. The molecule has 1 fully saturated rings. The van der Waals surface area contributed by atoms with E-state index in [1.165, 1.54) is 20.2 Å². The van der Waals surface area contributed by atoms with Crippen LogP contribution in [-0.4, -0.2) is 62.1 Å². The Hall–Kier alpha value is -2.40. The van der Waals surface area contributed by atoms with Gasteiger partial charge in [0.25, 0.3) is 0 Å². The van der Waals surface area contributed by atoms with Gasteiger partial charge in [0.1, 0.15) is 23.3 Å². The Morgan fingerprint density at radius 1 is 1.28 bits per heavy atom. The van der Waals surface area contributed by atoms with E-state index in [1.54, 1.807) is 18.1 Å². The SMILES string of the molecule is CC(=O)OC1COC(C(SCC(C)C)n2cnc3c(N)ncnc32)C1OC(C)=O. The normalized spacial score (nSPS) is 22.7. The molecule has 0 spiro atoms. The third-order valence-corrected chi connectivity index (χ3v) is 6.00. The van der Waals surface area contributed by atoms with Crippen LogP contribution in [0.2, 0.25) is 0 Å². The van der Waals surface area contributed by atoms with Gasteiger partial charge in [-0.25, -0.2) is 15.0 Å². The van der Waals surface area contributed by atoms with E-state index in [9.17, 15) is 9.59 Å². The molecule has 1 aliphatic heterocycles. The highest BCUT2D eigenvalue weighted by Gasteiger charge is 2.47. The number of esters is 2. The van der Waals surface area contributed by atoms with Crippen LogP contribution in [0.5, 0.6) is 0 Å². The van der Waals surface area contributed by atoms with Crippen LogP contribution in [0.4, 0.5) is 5.82 Å². The lowest BCUT2D eigenvalue weighted by atomic mass is 10.1. The van der Waals surface area contributed by atoms with Gasteiger partial charge in [-0.15, -0.1) is 11.8 Å². The Balaban J connectivity index is 1.99. The van der Waals surface area contributed by atoms with Crippen molar-refractivity contribution < 1.29 is 23.8 Å². The fourth-order valence-electron chi connectivity index (χ4n) is 3.18. The largest absolute Gasteiger partial charge is 0.456 e. The third-order valence-electron chi connectivity index (χ3n) is 4.31. The quantitative estimate of drug-likeness (QED) is 0.654. The Morgan fingerprint density at radius 3 is 2.66 bits per heavy atom. The summed E-state index contributed by atoms with van der Waals surface area (Å²) in [6, 6.07) is 0. The van der Waals surface area contributed by atoms with Gasteiger partial charge in [0.05, 0.1) is 12.9 Å². The zero-order valence-electron chi connectivity index (χ0n) is 16.8. The highest BCUT2D eigenvalue weighted by atomic mass is 32.2. The molecule has 0 amide bonds. The van der Waals surface area contributed by atoms with E-state index >= 15 is 0 Å². The third kappa shape index (κ3) is 4.78. The molecule has 2 aromatic rings. The second kappa shape index (κ2) is 8.95. The summed E-state index contributed by atoms with van der Waals surface area (Å²) in [6.07, 6.45) is 0.998. The summed E-state index contributed by atoms with van der Waals surface area (Å²) in [6.45, 7) is 6.97. The first-order chi connectivity index (χ1) is 13.8. The minimum absolute atomic E-state index is 0.130. The Morgan fingerprint density at radius 2 is 2.00 bits per heavy atom. The maximum atomic E-state index is 11.7. The summed E-state index contributed by atoms with van der Waals surface area (Å²) in [5, 5.41) is -0.332. The van der Waals surface area contributed by atoms with E-state index in [4.69, 9.17) is 19.9 Å². The average Bonchev–Trinajstić information content (AvgIpc) is 3.21. The number of thioether (sulfide) groups is 1. The average molecular weight is 423 g/mol. The molecule has 4 atom stereocenters. The molecule has 29 heavy (non-hydrogen) atoms. The lowest BCUT2D eigenvalue weighted by Crippen LogP contribution is -2.40. The molecular weight excluding hydrogens is 398 g/mol. The first-order valence-corrected chi connectivity index (χ1v) is 10.3. The minimum atomic E-state index is -0.752. The van der Waals surface area contributed by atoms with Crippen molar-refractivity contribution in [3.05, 3.63) is 12.7 Å². The number of fused-ring (bicyclic) bond motifs is 1. The number of hydrogen-bond donors (Lipinski definition) is 1. The molecule has 11 heteroatoms. The number of nitrogens with zero attached hydrogens (tertiary/aromatic N) is 4. The molecule has 0 radical (unpaired) electrons. The Bertz CT molecular complexity index is 889. The Labute approximate surface area is 172 Å². The first kappa shape index (κ1) is 21.3. The van der Waals surface area contributed by atoms with Gasteiger partial charge in [0.2, 0.25) is 0 Å².